The molecule has 0 saturated carbocycles. The maximum atomic E-state index is 13.2. The number of hydrogen-bond acceptors (Lipinski definition) is 3. The molecule has 0 aromatic heterocycles. The van der Waals surface area contributed by atoms with Crippen LogP contribution < -0.4 is 10.1 Å². The molecule has 0 aliphatic heterocycles. The fraction of sp³-hybridized carbons (Fsp3) is 0.273. The van der Waals surface area contributed by atoms with Crippen molar-refractivity contribution in [1.29, 1.82) is 5.26 Å². The summed E-state index contributed by atoms with van der Waals surface area (Å²) in [5, 5.41) is 10.7. The first-order chi connectivity index (χ1) is 8.13. The van der Waals surface area contributed by atoms with Crippen molar-refractivity contribution in [3.8, 4) is 11.8 Å². The largest absolute Gasteiger partial charge is 0.481 e. The van der Waals surface area contributed by atoms with Crippen molar-refractivity contribution in [1.82, 2.24) is 5.32 Å². The molecule has 0 saturated heterocycles. The highest BCUT2D eigenvalue weighted by Crippen LogP contribution is 2.21. The molecular weight excluding hydrogens is 291 g/mol. The van der Waals surface area contributed by atoms with Crippen molar-refractivity contribution >= 4 is 21.8 Å². The maximum Gasteiger partial charge on any atom is 0.257 e. The Hall–Kier alpha value is -1.61. The van der Waals surface area contributed by atoms with Gasteiger partial charge in [-0.2, -0.15) is 5.26 Å². The van der Waals surface area contributed by atoms with E-state index in [4.69, 9.17) is 10.00 Å². The predicted octanol–water partition coefficient (Wildman–Crippen LogP) is 2.00. The summed E-state index contributed by atoms with van der Waals surface area (Å²) < 4.78 is 18.9. The maximum absolute atomic E-state index is 13.2. The smallest absolute Gasteiger partial charge is 0.257 e. The van der Waals surface area contributed by atoms with E-state index in [1.165, 1.54) is 18.2 Å². The molecule has 1 rings (SSSR count). The van der Waals surface area contributed by atoms with Crippen LogP contribution in [-0.4, -0.2) is 19.1 Å². The van der Waals surface area contributed by atoms with Crippen molar-refractivity contribution in [3.05, 3.63) is 28.5 Å². The number of carbonyl (C=O) groups is 1. The van der Waals surface area contributed by atoms with Crippen LogP contribution in [0.2, 0.25) is 0 Å². The average molecular weight is 301 g/mol. The van der Waals surface area contributed by atoms with Crippen molar-refractivity contribution < 1.29 is 13.9 Å². The lowest BCUT2D eigenvalue weighted by atomic mass is 10.3. The molecule has 0 spiro atoms. The van der Waals surface area contributed by atoms with Crippen LogP contribution in [-0.2, 0) is 4.79 Å². The highest BCUT2D eigenvalue weighted by atomic mass is 79.9. The summed E-state index contributed by atoms with van der Waals surface area (Å²) in [7, 11) is 0. The van der Waals surface area contributed by atoms with Crippen LogP contribution in [0.1, 0.15) is 6.42 Å². The van der Waals surface area contributed by atoms with E-state index >= 15 is 0 Å². The number of amides is 1. The van der Waals surface area contributed by atoms with Crippen LogP contribution in [0.5, 0.6) is 5.75 Å². The number of nitrogens with one attached hydrogen (secondary N) is 1. The molecule has 1 aromatic carbocycles. The second-order valence-electron chi connectivity index (χ2n) is 3.12. The van der Waals surface area contributed by atoms with Crippen molar-refractivity contribution in [2.75, 3.05) is 13.2 Å². The Morgan fingerprint density at radius 3 is 3.06 bits per heavy atom. The first kappa shape index (κ1) is 13.5. The van der Waals surface area contributed by atoms with Gasteiger partial charge < -0.3 is 10.1 Å². The van der Waals surface area contributed by atoms with E-state index in [0.717, 1.165) is 0 Å². The lowest BCUT2D eigenvalue weighted by Gasteiger charge is -2.07. The van der Waals surface area contributed by atoms with Gasteiger partial charge in [-0.15, -0.1) is 0 Å². The van der Waals surface area contributed by atoms with Crippen LogP contribution in [0, 0.1) is 17.1 Å². The molecule has 6 heteroatoms. The average Bonchev–Trinajstić information content (AvgIpc) is 2.31. The van der Waals surface area contributed by atoms with Gasteiger partial charge in [-0.1, -0.05) is 15.9 Å². The molecule has 0 aliphatic carbocycles. The molecule has 90 valence electrons. The van der Waals surface area contributed by atoms with Gasteiger partial charge in [0.05, 0.1) is 12.5 Å². The van der Waals surface area contributed by atoms with E-state index in [1.807, 2.05) is 6.07 Å². The second kappa shape index (κ2) is 6.86. The normalized spacial score (nSPS) is 9.47. The molecule has 0 atom stereocenters. The fourth-order valence-corrected chi connectivity index (χ4v) is 1.38. The highest BCUT2D eigenvalue weighted by Gasteiger charge is 2.06. The highest BCUT2D eigenvalue weighted by molar-refractivity contribution is 9.10. The molecule has 0 fully saturated rings. The molecular formula is C11H10BrFN2O2. The quantitative estimate of drug-likeness (QED) is 0.846. The Balaban J connectivity index is 2.42. The second-order valence-corrected chi connectivity index (χ2v) is 4.04. The Morgan fingerprint density at radius 2 is 2.35 bits per heavy atom. The van der Waals surface area contributed by atoms with E-state index < -0.39 is 5.82 Å². The Morgan fingerprint density at radius 1 is 1.59 bits per heavy atom. The van der Waals surface area contributed by atoms with Gasteiger partial charge in [-0.25, -0.2) is 4.39 Å². The molecule has 1 amide bonds. The fourth-order valence-electron chi connectivity index (χ4n) is 1.04. The summed E-state index contributed by atoms with van der Waals surface area (Å²) in [5.74, 6) is -0.910. The summed E-state index contributed by atoms with van der Waals surface area (Å²) in [6, 6.07) is 6.11. The molecule has 0 heterocycles. The Bertz CT molecular complexity index is 446. The van der Waals surface area contributed by atoms with Crippen molar-refractivity contribution in [3.63, 3.8) is 0 Å². The van der Waals surface area contributed by atoms with E-state index in [0.29, 0.717) is 4.47 Å². The van der Waals surface area contributed by atoms with Crippen molar-refractivity contribution in [2.24, 2.45) is 0 Å². The lowest BCUT2D eigenvalue weighted by Crippen LogP contribution is -2.29. The number of carbonyl (C=O) groups excluding carboxylic acids is 1. The molecule has 0 radical (unpaired) electrons. The van der Waals surface area contributed by atoms with Gasteiger partial charge in [0.25, 0.3) is 5.91 Å². The standard InChI is InChI=1S/C11H10BrFN2O2/c12-8-2-3-9(13)10(6-8)17-7-11(16)15-5-1-4-14/h2-3,6H,1,5,7H2,(H,15,16). The Labute approximate surface area is 107 Å². The number of nitrogens with zero attached hydrogens (tertiary/aromatic N) is 1. The van der Waals surface area contributed by atoms with Gasteiger partial charge >= 0.3 is 0 Å². The third-order valence-electron chi connectivity index (χ3n) is 1.81. The number of rotatable bonds is 5. The lowest BCUT2D eigenvalue weighted by molar-refractivity contribution is -0.123. The Kier molecular flexibility index (Phi) is 5.43. The van der Waals surface area contributed by atoms with E-state index in [-0.39, 0.29) is 31.2 Å². The van der Waals surface area contributed by atoms with Crippen LogP contribution >= 0.6 is 15.9 Å². The number of hydrogen-bond donors (Lipinski definition) is 1. The summed E-state index contributed by atoms with van der Waals surface area (Å²) in [5.41, 5.74) is 0. The van der Waals surface area contributed by atoms with Gasteiger partial charge in [-0.05, 0) is 18.2 Å². The van der Waals surface area contributed by atoms with Crippen molar-refractivity contribution in [2.45, 2.75) is 6.42 Å². The molecule has 0 aliphatic rings. The number of halogens is 2. The molecule has 0 bridgehead atoms. The van der Waals surface area contributed by atoms with E-state index in [1.54, 1.807) is 0 Å². The zero-order valence-corrected chi connectivity index (χ0v) is 10.5. The summed E-state index contributed by atoms with van der Waals surface area (Å²) >= 11 is 3.17. The molecule has 17 heavy (non-hydrogen) atoms. The third kappa shape index (κ3) is 4.83. The van der Waals surface area contributed by atoms with E-state index in [2.05, 4.69) is 21.2 Å². The zero-order valence-electron chi connectivity index (χ0n) is 8.87. The number of ether oxygens (including phenoxy) is 1. The van der Waals surface area contributed by atoms with Gasteiger partial charge in [0, 0.05) is 11.0 Å². The number of nitriles is 1. The van der Waals surface area contributed by atoms with Crippen LogP contribution in [0.3, 0.4) is 0 Å². The van der Waals surface area contributed by atoms with Gasteiger partial charge in [0.1, 0.15) is 0 Å². The van der Waals surface area contributed by atoms with Gasteiger partial charge in [0.2, 0.25) is 0 Å². The minimum atomic E-state index is -0.530. The minimum absolute atomic E-state index is 0.00908. The zero-order chi connectivity index (χ0) is 12.7. The van der Waals surface area contributed by atoms with Crippen LogP contribution in [0.15, 0.2) is 22.7 Å². The molecule has 1 N–H and O–H groups in total. The topological polar surface area (TPSA) is 62.1 Å². The predicted molar refractivity (Wildman–Crippen MR) is 62.8 cm³/mol. The van der Waals surface area contributed by atoms with Gasteiger partial charge in [-0.3, -0.25) is 4.79 Å². The molecule has 0 unspecified atom stereocenters. The minimum Gasteiger partial charge on any atom is -0.481 e. The number of benzene rings is 1. The summed E-state index contributed by atoms with van der Waals surface area (Å²) in [6.07, 6.45) is 0.233. The van der Waals surface area contributed by atoms with Gasteiger partial charge in [0.15, 0.2) is 18.2 Å². The van der Waals surface area contributed by atoms with Crippen LogP contribution in [0.25, 0.3) is 0 Å². The van der Waals surface area contributed by atoms with Crippen LogP contribution in [0.4, 0.5) is 4.39 Å². The molecule has 1 aromatic rings. The monoisotopic (exact) mass is 300 g/mol. The van der Waals surface area contributed by atoms with E-state index in [9.17, 15) is 9.18 Å². The molecule has 4 nitrogen and oxygen atoms in total. The summed E-state index contributed by atoms with van der Waals surface area (Å²) in [4.78, 5) is 11.2. The summed E-state index contributed by atoms with van der Waals surface area (Å²) in [6.45, 7) is -0.0154. The first-order valence-electron chi connectivity index (χ1n) is 4.85. The SMILES string of the molecule is N#CCCNC(=O)COc1cc(Br)ccc1F. The third-order valence-corrected chi connectivity index (χ3v) is 2.30. The first-order valence-corrected chi connectivity index (χ1v) is 5.64.